The van der Waals surface area contributed by atoms with Gasteiger partial charge < -0.3 is 15.2 Å². The first-order chi connectivity index (χ1) is 10.1. The van der Waals surface area contributed by atoms with Gasteiger partial charge in [-0.25, -0.2) is 0 Å². The molecule has 0 bridgehead atoms. The molecular formula is C17H19NO3. The van der Waals surface area contributed by atoms with Crippen molar-refractivity contribution >= 4 is 5.91 Å². The Morgan fingerprint density at radius 3 is 2.62 bits per heavy atom. The maximum Gasteiger partial charge on any atom is 0.255 e. The number of hydrogen-bond donors (Lipinski definition) is 2. The first-order valence-electron chi connectivity index (χ1n) is 6.84. The zero-order valence-electron chi connectivity index (χ0n) is 12.2. The van der Waals surface area contributed by atoms with E-state index in [9.17, 15) is 9.90 Å². The van der Waals surface area contributed by atoms with Gasteiger partial charge in [0.1, 0.15) is 18.1 Å². The molecule has 0 radical (unpaired) electrons. The summed E-state index contributed by atoms with van der Waals surface area (Å²) in [7, 11) is 0. The molecule has 0 aliphatic rings. The van der Waals surface area contributed by atoms with Crippen LogP contribution in [0.4, 0.5) is 0 Å². The molecule has 0 aliphatic carbocycles. The molecule has 110 valence electrons. The number of amides is 1. The molecule has 2 N–H and O–H groups in total. The largest absolute Gasteiger partial charge is 0.507 e. The maximum atomic E-state index is 11.8. The van der Waals surface area contributed by atoms with Crippen LogP contribution in [0, 0.1) is 13.8 Å². The van der Waals surface area contributed by atoms with Crippen LogP contribution in [0.1, 0.15) is 21.5 Å². The predicted octanol–water partition coefficient (Wildman–Crippen LogP) is 2.82. The number of benzene rings is 2. The zero-order chi connectivity index (χ0) is 15.2. The highest BCUT2D eigenvalue weighted by Crippen LogP contribution is 2.16. The molecule has 2 aromatic carbocycles. The second-order valence-electron chi connectivity index (χ2n) is 4.87. The summed E-state index contributed by atoms with van der Waals surface area (Å²) in [5.41, 5.74) is 2.66. The Morgan fingerprint density at radius 2 is 1.90 bits per heavy atom. The number of aromatic hydroxyl groups is 1. The summed E-state index contributed by atoms with van der Waals surface area (Å²) in [5, 5.41) is 12.3. The molecule has 4 heteroatoms. The first kappa shape index (κ1) is 14.9. The summed E-state index contributed by atoms with van der Waals surface area (Å²) >= 11 is 0. The van der Waals surface area contributed by atoms with Crippen molar-refractivity contribution in [1.82, 2.24) is 5.32 Å². The van der Waals surface area contributed by atoms with E-state index in [4.69, 9.17) is 4.74 Å². The van der Waals surface area contributed by atoms with E-state index in [1.165, 1.54) is 17.2 Å². The van der Waals surface area contributed by atoms with Crippen molar-refractivity contribution in [2.45, 2.75) is 13.8 Å². The number of phenols is 1. The molecule has 0 atom stereocenters. The van der Waals surface area contributed by atoms with Gasteiger partial charge in [0.25, 0.3) is 5.91 Å². The van der Waals surface area contributed by atoms with E-state index in [0.717, 1.165) is 5.75 Å². The zero-order valence-corrected chi connectivity index (χ0v) is 12.2. The number of carbonyl (C=O) groups excluding carboxylic acids is 1. The maximum absolute atomic E-state index is 11.8. The van der Waals surface area contributed by atoms with E-state index in [-0.39, 0.29) is 17.2 Å². The third-order valence-electron chi connectivity index (χ3n) is 3.28. The van der Waals surface area contributed by atoms with Gasteiger partial charge in [0.15, 0.2) is 0 Å². The molecule has 4 nitrogen and oxygen atoms in total. The van der Waals surface area contributed by atoms with Gasteiger partial charge in [-0.15, -0.1) is 0 Å². The highest BCUT2D eigenvalue weighted by Gasteiger charge is 2.09. The number of para-hydroxylation sites is 1. The van der Waals surface area contributed by atoms with Crippen LogP contribution >= 0.6 is 0 Å². The molecule has 0 unspecified atom stereocenters. The topological polar surface area (TPSA) is 58.6 Å². The van der Waals surface area contributed by atoms with Crippen molar-refractivity contribution < 1.29 is 14.6 Å². The van der Waals surface area contributed by atoms with Crippen molar-refractivity contribution in [3.63, 3.8) is 0 Å². The number of hydrogen-bond acceptors (Lipinski definition) is 3. The molecule has 21 heavy (non-hydrogen) atoms. The quantitative estimate of drug-likeness (QED) is 0.831. The van der Waals surface area contributed by atoms with E-state index in [1.807, 2.05) is 32.0 Å². The summed E-state index contributed by atoms with van der Waals surface area (Å²) in [6, 6.07) is 12.3. The highest BCUT2D eigenvalue weighted by atomic mass is 16.5. The fourth-order valence-corrected chi connectivity index (χ4v) is 1.90. The van der Waals surface area contributed by atoms with Crippen LogP contribution in [0.3, 0.4) is 0 Å². The Bertz CT molecular complexity index is 638. The Labute approximate surface area is 124 Å². The molecule has 0 heterocycles. The second-order valence-corrected chi connectivity index (χ2v) is 4.87. The minimum Gasteiger partial charge on any atom is -0.507 e. The van der Waals surface area contributed by atoms with Gasteiger partial charge in [0.2, 0.25) is 0 Å². The van der Waals surface area contributed by atoms with Gasteiger partial charge in [-0.1, -0.05) is 18.2 Å². The molecule has 2 rings (SSSR count). The van der Waals surface area contributed by atoms with Crippen LogP contribution in [0.15, 0.2) is 42.5 Å². The van der Waals surface area contributed by atoms with Crippen LogP contribution in [-0.2, 0) is 0 Å². The third kappa shape index (κ3) is 3.99. The number of carbonyl (C=O) groups is 1. The fraction of sp³-hybridized carbons (Fsp3) is 0.235. The van der Waals surface area contributed by atoms with E-state index in [1.54, 1.807) is 18.2 Å². The van der Waals surface area contributed by atoms with Crippen molar-refractivity contribution in [2.75, 3.05) is 13.2 Å². The normalized spacial score (nSPS) is 10.2. The first-order valence-corrected chi connectivity index (χ1v) is 6.84. The molecule has 1 amide bonds. The smallest absolute Gasteiger partial charge is 0.255 e. The molecule has 0 fully saturated rings. The lowest BCUT2D eigenvalue weighted by atomic mass is 10.1. The Morgan fingerprint density at radius 1 is 1.14 bits per heavy atom. The van der Waals surface area contributed by atoms with Gasteiger partial charge in [-0.2, -0.15) is 0 Å². The second kappa shape index (κ2) is 6.79. The SMILES string of the molecule is Cc1ccc(OCCNC(=O)c2ccccc2O)cc1C. The van der Waals surface area contributed by atoms with Crippen LogP contribution in [0.25, 0.3) is 0 Å². The molecule has 0 aliphatic heterocycles. The lowest BCUT2D eigenvalue weighted by Gasteiger charge is -2.10. The summed E-state index contributed by atoms with van der Waals surface area (Å²) in [5.74, 6) is 0.455. The van der Waals surface area contributed by atoms with Gasteiger partial charge in [-0.3, -0.25) is 4.79 Å². The van der Waals surface area contributed by atoms with Gasteiger partial charge in [-0.05, 0) is 49.2 Å². The fourth-order valence-electron chi connectivity index (χ4n) is 1.90. The Hall–Kier alpha value is -2.49. The predicted molar refractivity (Wildman–Crippen MR) is 81.9 cm³/mol. The standard InChI is InChI=1S/C17H19NO3/c1-12-7-8-14(11-13(12)2)21-10-9-18-17(20)15-5-3-4-6-16(15)19/h3-8,11,19H,9-10H2,1-2H3,(H,18,20). The average molecular weight is 285 g/mol. The molecule has 0 saturated heterocycles. The Kier molecular flexibility index (Phi) is 4.82. The van der Waals surface area contributed by atoms with E-state index in [0.29, 0.717) is 13.2 Å². The van der Waals surface area contributed by atoms with E-state index in [2.05, 4.69) is 5.32 Å². The van der Waals surface area contributed by atoms with Crippen molar-refractivity contribution in [2.24, 2.45) is 0 Å². The Balaban J connectivity index is 1.81. The summed E-state index contributed by atoms with van der Waals surface area (Å²) in [4.78, 5) is 11.8. The van der Waals surface area contributed by atoms with Crippen LogP contribution in [0.2, 0.25) is 0 Å². The molecule has 0 saturated carbocycles. The summed E-state index contributed by atoms with van der Waals surface area (Å²) < 4.78 is 5.58. The lowest BCUT2D eigenvalue weighted by molar-refractivity contribution is 0.0944. The molecule has 2 aromatic rings. The number of nitrogens with one attached hydrogen (secondary N) is 1. The van der Waals surface area contributed by atoms with Crippen molar-refractivity contribution in [3.8, 4) is 11.5 Å². The minimum absolute atomic E-state index is 0.0231. The van der Waals surface area contributed by atoms with Gasteiger partial charge >= 0.3 is 0 Å². The molecular weight excluding hydrogens is 266 g/mol. The van der Waals surface area contributed by atoms with Crippen LogP contribution in [-0.4, -0.2) is 24.2 Å². The van der Waals surface area contributed by atoms with E-state index >= 15 is 0 Å². The third-order valence-corrected chi connectivity index (χ3v) is 3.28. The van der Waals surface area contributed by atoms with E-state index < -0.39 is 0 Å². The summed E-state index contributed by atoms with van der Waals surface area (Å²) in [6.45, 7) is 4.83. The number of ether oxygens (including phenoxy) is 1. The molecule has 0 aromatic heterocycles. The number of rotatable bonds is 5. The lowest BCUT2D eigenvalue weighted by Crippen LogP contribution is -2.28. The van der Waals surface area contributed by atoms with Gasteiger partial charge in [0, 0.05) is 0 Å². The average Bonchev–Trinajstić information content (AvgIpc) is 2.47. The summed E-state index contributed by atoms with van der Waals surface area (Å²) in [6.07, 6.45) is 0. The number of phenolic OH excluding ortho intramolecular Hbond substituents is 1. The monoisotopic (exact) mass is 285 g/mol. The molecule has 0 spiro atoms. The van der Waals surface area contributed by atoms with Gasteiger partial charge in [0.05, 0.1) is 12.1 Å². The number of aryl methyl sites for hydroxylation is 2. The van der Waals surface area contributed by atoms with Crippen LogP contribution < -0.4 is 10.1 Å². The van der Waals surface area contributed by atoms with Crippen molar-refractivity contribution in [3.05, 3.63) is 59.2 Å². The van der Waals surface area contributed by atoms with Crippen molar-refractivity contribution in [1.29, 1.82) is 0 Å². The minimum atomic E-state index is -0.309. The van der Waals surface area contributed by atoms with Crippen LogP contribution in [0.5, 0.6) is 11.5 Å². The highest BCUT2D eigenvalue weighted by molar-refractivity contribution is 5.96.